The van der Waals surface area contributed by atoms with Crippen LogP contribution in [0.5, 0.6) is 0 Å². The van der Waals surface area contributed by atoms with Crippen LogP contribution in [0.1, 0.15) is 18.1 Å². The molecule has 20 heavy (non-hydrogen) atoms. The number of benzene rings is 1. The molecule has 2 rings (SSSR count). The molecular weight excluding hydrogens is 254 g/mol. The minimum Gasteiger partial charge on any atom is -0.398 e. The first-order valence-electron chi connectivity index (χ1n) is 7.28. The first kappa shape index (κ1) is 15.3. The van der Waals surface area contributed by atoms with E-state index in [1.165, 1.54) is 0 Å². The van der Waals surface area contributed by atoms with Crippen molar-refractivity contribution in [3.63, 3.8) is 0 Å². The predicted molar refractivity (Wildman–Crippen MR) is 80.4 cm³/mol. The highest BCUT2D eigenvalue weighted by atomic mass is 16.3. The van der Waals surface area contributed by atoms with Gasteiger partial charge in [-0.05, 0) is 12.5 Å². The summed E-state index contributed by atoms with van der Waals surface area (Å²) < 4.78 is 0. The van der Waals surface area contributed by atoms with Gasteiger partial charge in [0, 0.05) is 50.5 Å². The number of hydrogen-bond acceptors (Lipinski definition) is 5. The van der Waals surface area contributed by atoms with Crippen molar-refractivity contribution >= 4 is 5.69 Å². The van der Waals surface area contributed by atoms with E-state index in [-0.39, 0.29) is 6.61 Å². The summed E-state index contributed by atoms with van der Waals surface area (Å²) in [6.45, 7) is 5.84. The van der Waals surface area contributed by atoms with Gasteiger partial charge in [0.2, 0.25) is 0 Å². The molecule has 1 heterocycles. The van der Waals surface area contributed by atoms with Crippen LogP contribution < -0.4 is 5.73 Å². The van der Waals surface area contributed by atoms with Gasteiger partial charge in [0.25, 0.3) is 0 Å². The molecule has 0 aliphatic carbocycles. The minimum atomic E-state index is -0.494. The Kier molecular flexibility index (Phi) is 5.79. The number of rotatable bonds is 6. The second-order valence-corrected chi connectivity index (χ2v) is 5.34. The molecule has 5 nitrogen and oxygen atoms in total. The Bertz CT molecular complexity index is 406. The summed E-state index contributed by atoms with van der Waals surface area (Å²) in [6, 6.07) is 7.50. The standard InChI is InChI=1S/C15H25N3O2/c16-14-4-2-1-3-13(14)15(20)5-6-17-7-9-18(10-8-17)11-12-19/h1-4,15,19-20H,5-12,16H2. The second-order valence-electron chi connectivity index (χ2n) is 5.34. The summed E-state index contributed by atoms with van der Waals surface area (Å²) in [5.74, 6) is 0. The molecule has 1 atom stereocenters. The molecule has 0 bridgehead atoms. The van der Waals surface area contributed by atoms with Crippen molar-refractivity contribution in [3.05, 3.63) is 29.8 Å². The van der Waals surface area contributed by atoms with Gasteiger partial charge in [-0.15, -0.1) is 0 Å². The molecule has 1 unspecified atom stereocenters. The molecule has 0 amide bonds. The predicted octanol–water partition coefficient (Wildman–Crippen LogP) is 0.302. The van der Waals surface area contributed by atoms with Gasteiger partial charge >= 0.3 is 0 Å². The molecule has 1 aliphatic rings. The molecule has 1 saturated heterocycles. The van der Waals surface area contributed by atoms with Crippen LogP contribution in [0.25, 0.3) is 0 Å². The van der Waals surface area contributed by atoms with Gasteiger partial charge in [-0.25, -0.2) is 0 Å². The van der Waals surface area contributed by atoms with Crippen molar-refractivity contribution < 1.29 is 10.2 Å². The highest BCUT2D eigenvalue weighted by molar-refractivity contribution is 5.47. The fraction of sp³-hybridized carbons (Fsp3) is 0.600. The fourth-order valence-corrected chi connectivity index (χ4v) is 2.65. The Labute approximate surface area is 120 Å². The van der Waals surface area contributed by atoms with Crippen LogP contribution in [-0.4, -0.2) is 65.9 Å². The van der Waals surface area contributed by atoms with Crippen LogP contribution in [0.2, 0.25) is 0 Å². The lowest BCUT2D eigenvalue weighted by molar-refractivity contribution is 0.0925. The van der Waals surface area contributed by atoms with E-state index in [4.69, 9.17) is 10.8 Å². The number of piperazine rings is 1. The van der Waals surface area contributed by atoms with Crippen molar-refractivity contribution in [2.45, 2.75) is 12.5 Å². The molecule has 0 saturated carbocycles. The lowest BCUT2D eigenvalue weighted by Crippen LogP contribution is -2.47. The van der Waals surface area contributed by atoms with Crippen molar-refractivity contribution in [2.75, 3.05) is 51.6 Å². The lowest BCUT2D eigenvalue weighted by Gasteiger charge is -2.34. The largest absolute Gasteiger partial charge is 0.398 e. The maximum Gasteiger partial charge on any atom is 0.0822 e. The molecule has 1 aliphatic heterocycles. The van der Waals surface area contributed by atoms with E-state index in [9.17, 15) is 5.11 Å². The quantitative estimate of drug-likeness (QED) is 0.653. The lowest BCUT2D eigenvalue weighted by atomic mass is 10.0. The van der Waals surface area contributed by atoms with E-state index < -0.39 is 6.10 Å². The molecule has 112 valence electrons. The van der Waals surface area contributed by atoms with Gasteiger partial charge < -0.3 is 20.8 Å². The number of nitrogens with zero attached hydrogens (tertiary/aromatic N) is 2. The Morgan fingerprint density at radius 3 is 2.25 bits per heavy atom. The maximum absolute atomic E-state index is 10.2. The second kappa shape index (κ2) is 7.59. The van der Waals surface area contributed by atoms with E-state index in [1.54, 1.807) is 0 Å². The molecular formula is C15H25N3O2. The minimum absolute atomic E-state index is 0.228. The van der Waals surface area contributed by atoms with E-state index >= 15 is 0 Å². The molecule has 0 aromatic heterocycles. The molecule has 0 spiro atoms. The zero-order valence-electron chi connectivity index (χ0n) is 11.9. The van der Waals surface area contributed by atoms with Gasteiger partial charge in [-0.2, -0.15) is 0 Å². The molecule has 0 radical (unpaired) electrons. The third kappa shape index (κ3) is 4.18. The zero-order chi connectivity index (χ0) is 14.4. The third-order valence-electron chi connectivity index (χ3n) is 3.95. The average molecular weight is 279 g/mol. The Hall–Kier alpha value is -1.14. The van der Waals surface area contributed by atoms with E-state index in [0.717, 1.165) is 44.8 Å². The molecule has 1 aromatic carbocycles. The summed E-state index contributed by atoms with van der Waals surface area (Å²) in [4.78, 5) is 4.62. The molecule has 1 aromatic rings. The van der Waals surface area contributed by atoms with E-state index in [2.05, 4.69) is 9.80 Å². The number of anilines is 1. The van der Waals surface area contributed by atoms with Crippen molar-refractivity contribution in [1.29, 1.82) is 0 Å². The first-order chi connectivity index (χ1) is 9.70. The molecule has 1 fully saturated rings. The number of aliphatic hydroxyl groups excluding tert-OH is 2. The smallest absolute Gasteiger partial charge is 0.0822 e. The van der Waals surface area contributed by atoms with Crippen molar-refractivity contribution in [1.82, 2.24) is 9.80 Å². The van der Waals surface area contributed by atoms with Crippen LogP contribution in [0.15, 0.2) is 24.3 Å². The maximum atomic E-state index is 10.2. The number of nitrogen functional groups attached to an aromatic ring is 1. The van der Waals surface area contributed by atoms with Crippen LogP contribution in [0.3, 0.4) is 0 Å². The van der Waals surface area contributed by atoms with Gasteiger partial charge in [0.15, 0.2) is 0 Å². The van der Waals surface area contributed by atoms with Gasteiger partial charge in [-0.3, -0.25) is 4.90 Å². The Morgan fingerprint density at radius 2 is 1.65 bits per heavy atom. The van der Waals surface area contributed by atoms with E-state index in [1.807, 2.05) is 24.3 Å². The van der Waals surface area contributed by atoms with Gasteiger partial charge in [0.1, 0.15) is 0 Å². The van der Waals surface area contributed by atoms with Crippen LogP contribution >= 0.6 is 0 Å². The van der Waals surface area contributed by atoms with Crippen LogP contribution in [0, 0.1) is 0 Å². The summed E-state index contributed by atoms with van der Waals surface area (Å²) in [5.41, 5.74) is 7.36. The third-order valence-corrected chi connectivity index (χ3v) is 3.95. The molecule has 4 N–H and O–H groups in total. The summed E-state index contributed by atoms with van der Waals surface area (Å²) in [7, 11) is 0. The highest BCUT2D eigenvalue weighted by Crippen LogP contribution is 2.22. The van der Waals surface area contributed by atoms with Gasteiger partial charge in [-0.1, -0.05) is 18.2 Å². The average Bonchev–Trinajstić information content (AvgIpc) is 2.47. The monoisotopic (exact) mass is 279 g/mol. The molecule has 5 heteroatoms. The number of hydrogen-bond donors (Lipinski definition) is 3. The number of aliphatic hydroxyl groups is 2. The van der Waals surface area contributed by atoms with Crippen molar-refractivity contribution in [2.24, 2.45) is 0 Å². The highest BCUT2D eigenvalue weighted by Gasteiger charge is 2.18. The summed E-state index contributed by atoms with van der Waals surface area (Å²) in [5, 5.41) is 19.1. The fourth-order valence-electron chi connectivity index (χ4n) is 2.65. The first-order valence-corrected chi connectivity index (χ1v) is 7.28. The summed E-state index contributed by atoms with van der Waals surface area (Å²) in [6.07, 6.45) is 0.209. The Morgan fingerprint density at radius 1 is 1.05 bits per heavy atom. The number of β-amino-alcohol motifs (C(OH)–C–C–N with tert-alkyl or cyclic N) is 1. The summed E-state index contributed by atoms with van der Waals surface area (Å²) >= 11 is 0. The number of nitrogens with two attached hydrogens (primary N) is 1. The van der Waals surface area contributed by atoms with Crippen molar-refractivity contribution in [3.8, 4) is 0 Å². The van der Waals surface area contributed by atoms with Gasteiger partial charge in [0.05, 0.1) is 12.7 Å². The topological polar surface area (TPSA) is 73.0 Å². The Balaban J connectivity index is 1.75. The normalized spacial score (nSPS) is 19.1. The SMILES string of the molecule is Nc1ccccc1C(O)CCN1CCN(CCO)CC1. The number of para-hydroxylation sites is 1. The zero-order valence-corrected chi connectivity index (χ0v) is 11.9. The van der Waals surface area contributed by atoms with E-state index in [0.29, 0.717) is 12.1 Å². The van der Waals surface area contributed by atoms with Crippen LogP contribution in [-0.2, 0) is 0 Å². The van der Waals surface area contributed by atoms with Crippen LogP contribution in [0.4, 0.5) is 5.69 Å².